The van der Waals surface area contributed by atoms with Crippen molar-refractivity contribution in [3.8, 4) is 5.69 Å². The fourth-order valence-electron chi connectivity index (χ4n) is 3.94. The number of benzene rings is 2. The lowest BCUT2D eigenvalue weighted by Crippen LogP contribution is -2.52. The Labute approximate surface area is 180 Å². The second-order valence-corrected chi connectivity index (χ2v) is 9.39. The number of nitrogens with zero attached hydrogens (tertiary/aromatic N) is 4. The molecule has 0 amide bonds. The molecule has 0 radical (unpaired) electrons. The SMILES string of the molecule is Cc1c(N2CCN(S(=O)(=O)c3ccccc3)CC2)c(=O)n(C)c(=O)n1-c1ccccc1. The van der Waals surface area contributed by atoms with Gasteiger partial charge in [-0.1, -0.05) is 36.4 Å². The van der Waals surface area contributed by atoms with Gasteiger partial charge in [-0.15, -0.1) is 0 Å². The zero-order chi connectivity index (χ0) is 22.2. The van der Waals surface area contributed by atoms with Gasteiger partial charge in [0.25, 0.3) is 5.56 Å². The summed E-state index contributed by atoms with van der Waals surface area (Å²) in [5.74, 6) is 0. The Balaban J connectivity index is 1.67. The summed E-state index contributed by atoms with van der Waals surface area (Å²) in [6, 6.07) is 17.5. The predicted molar refractivity (Wildman–Crippen MR) is 119 cm³/mol. The average Bonchev–Trinajstić information content (AvgIpc) is 2.79. The van der Waals surface area contributed by atoms with Gasteiger partial charge in [-0.25, -0.2) is 13.2 Å². The summed E-state index contributed by atoms with van der Waals surface area (Å²) in [5, 5.41) is 0. The number of rotatable bonds is 4. The Morgan fingerprint density at radius 2 is 1.35 bits per heavy atom. The van der Waals surface area contributed by atoms with Gasteiger partial charge in [-0.05, 0) is 31.2 Å². The van der Waals surface area contributed by atoms with Crippen molar-refractivity contribution < 1.29 is 8.42 Å². The zero-order valence-corrected chi connectivity index (χ0v) is 18.2. The Morgan fingerprint density at radius 3 is 1.94 bits per heavy atom. The van der Waals surface area contributed by atoms with Crippen molar-refractivity contribution in [2.75, 3.05) is 31.1 Å². The van der Waals surface area contributed by atoms with Gasteiger partial charge < -0.3 is 4.90 Å². The Bertz CT molecular complexity index is 1310. The Hall–Kier alpha value is -3.17. The van der Waals surface area contributed by atoms with Crippen LogP contribution in [0.15, 0.2) is 75.1 Å². The molecule has 3 aromatic rings. The first-order chi connectivity index (χ1) is 14.8. The summed E-state index contributed by atoms with van der Waals surface area (Å²) in [6.45, 7) is 2.97. The normalized spacial score (nSPS) is 15.2. The van der Waals surface area contributed by atoms with Gasteiger partial charge in [-0.2, -0.15) is 4.31 Å². The van der Waals surface area contributed by atoms with Crippen LogP contribution in [-0.2, 0) is 17.1 Å². The summed E-state index contributed by atoms with van der Waals surface area (Å²) < 4.78 is 29.9. The van der Waals surface area contributed by atoms with Gasteiger partial charge >= 0.3 is 5.69 Å². The molecule has 1 aliphatic heterocycles. The summed E-state index contributed by atoms with van der Waals surface area (Å²) in [4.78, 5) is 27.9. The van der Waals surface area contributed by atoms with E-state index in [1.54, 1.807) is 37.3 Å². The molecule has 1 aliphatic rings. The monoisotopic (exact) mass is 440 g/mol. The lowest BCUT2D eigenvalue weighted by atomic mass is 10.2. The molecule has 0 aliphatic carbocycles. The topological polar surface area (TPSA) is 84.6 Å². The van der Waals surface area contributed by atoms with Crippen LogP contribution < -0.4 is 16.1 Å². The van der Waals surface area contributed by atoms with Crippen LogP contribution in [0.5, 0.6) is 0 Å². The van der Waals surface area contributed by atoms with Crippen LogP contribution in [0.1, 0.15) is 5.69 Å². The number of piperazine rings is 1. The second kappa shape index (κ2) is 8.16. The molecule has 2 aromatic carbocycles. The predicted octanol–water partition coefficient (Wildman–Crippen LogP) is 1.36. The minimum absolute atomic E-state index is 0.254. The number of hydrogen-bond acceptors (Lipinski definition) is 5. The Kier molecular flexibility index (Phi) is 5.55. The van der Waals surface area contributed by atoms with Crippen LogP contribution in [0.2, 0.25) is 0 Å². The highest BCUT2D eigenvalue weighted by Crippen LogP contribution is 2.22. The van der Waals surface area contributed by atoms with Crippen LogP contribution in [-0.4, -0.2) is 48.0 Å². The van der Waals surface area contributed by atoms with E-state index in [4.69, 9.17) is 0 Å². The molecule has 4 rings (SSSR count). The van der Waals surface area contributed by atoms with E-state index in [9.17, 15) is 18.0 Å². The van der Waals surface area contributed by atoms with E-state index < -0.39 is 15.7 Å². The third kappa shape index (κ3) is 3.70. The van der Waals surface area contributed by atoms with E-state index >= 15 is 0 Å². The van der Waals surface area contributed by atoms with Crippen molar-refractivity contribution in [3.05, 3.63) is 87.2 Å². The minimum atomic E-state index is -3.59. The largest absolute Gasteiger partial charge is 0.363 e. The molecule has 0 saturated carbocycles. The summed E-state index contributed by atoms with van der Waals surface area (Å²) in [5.41, 5.74) is 0.838. The molecule has 8 nitrogen and oxygen atoms in total. The van der Waals surface area contributed by atoms with Gasteiger partial charge in [0.15, 0.2) is 0 Å². The van der Waals surface area contributed by atoms with E-state index in [2.05, 4.69) is 0 Å². The highest BCUT2D eigenvalue weighted by atomic mass is 32.2. The highest BCUT2D eigenvalue weighted by Gasteiger charge is 2.30. The molecular weight excluding hydrogens is 416 g/mol. The number of anilines is 1. The lowest BCUT2D eigenvalue weighted by Gasteiger charge is -2.36. The average molecular weight is 441 g/mol. The van der Waals surface area contributed by atoms with E-state index in [-0.39, 0.29) is 23.5 Å². The highest BCUT2D eigenvalue weighted by molar-refractivity contribution is 7.89. The van der Waals surface area contributed by atoms with Crippen molar-refractivity contribution >= 4 is 15.7 Å². The van der Waals surface area contributed by atoms with E-state index in [1.807, 2.05) is 35.2 Å². The minimum Gasteiger partial charge on any atom is -0.363 e. The fourth-order valence-corrected chi connectivity index (χ4v) is 5.38. The fraction of sp³-hybridized carbons (Fsp3) is 0.273. The molecule has 1 fully saturated rings. The van der Waals surface area contributed by atoms with Gasteiger partial charge in [0.1, 0.15) is 5.69 Å². The standard InChI is InChI=1S/C22H24N4O4S/c1-17-20(21(27)23(2)22(28)26(17)18-9-5-3-6-10-18)24-13-15-25(16-14-24)31(29,30)19-11-7-4-8-12-19/h3-12H,13-16H2,1-2H3. The number of para-hydroxylation sites is 1. The smallest absolute Gasteiger partial charge is 0.335 e. The van der Waals surface area contributed by atoms with Crippen LogP contribution >= 0.6 is 0 Å². The molecule has 0 atom stereocenters. The summed E-state index contributed by atoms with van der Waals surface area (Å²) in [6.07, 6.45) is 0. The lowest BCUT2D eigenvalue weighted by molar-refractivity contribution is 0.383. The third-order valence-corrected chi connectivity index (χ3v) is 7.53. The molecule has 162 valence electrons. The van der Waals surface area contributed by atoms with Crippen molar-refractivity contribution in [3.63, 3.8) is 0 Å². The number of hydrogen-bond donors (Lipinski definition) is 0. The molecule has 1 aromatic heterocycles. The molecule has 2 heterocycles. The van der Waals surface area contributed by atoms with Crippen molar-refractivity contribution in [1.29, 1.82) is 0 Å². The van der Waals surface area contributed by atoms with Crippen LogP contribution in [0.3, 0.4) is 0 Å². The van der Waals surface area contributed by atoms with Gasteiger partial charge in [0.05, 0.1) is 16.3 Å². The van der Waals surface area contributed by atoms with Gasteiger partial charge in [-0.3, -0.25) is 13.9 Å². The zero-order valence-electron chi connectivity index (χ0n) is 17.4. The van der Waals surface area contributed by atoms with Crippen molar-refractivity contribution in [2.24, 2.45) is 7.05 Å². The van der Waals surface area contributed by atoms with Crippen LogP contribution in [0.4, 0.5) is 5.69 Å². The third-order valence-electron chi connectivity index (χ3n) is 5.61. The van der Waals surface area contributed by atoms with Crippen molar-refractivity contribution in [1.82, 2.24) is 13.4 Å². The van der Waals surface area contributed by atoms with Gasteiger partial charge in [0, 0.05) is 33.2 Å². The van der Waals surface area contributed by atoms with Crippen LogP contribution in [0.25, 0.3) is 5.69 Å². The molecule has 0 N–H and O–H groups in total. The van der Waals surface area contributed by atoms with E-state index in [0.29, 0.717) is 30.2 Å². The number of sulfonamides is 1. The first kappa shape index (κ1) is 21.1. The maximum atomic E-state index is 13.0. The maximum Gasteiger partial charge on any atom is 0.335 e. The molecule has 0 bridgehead atoms. The first-order valence-electron chi connectivity index (χ1n) is 10.0. The Morgan fingerprint density at radius 1 is 0.806 bits per heavy atom. The van der Waals surface area contributed by atoms with Crippen molar-refractivity contribution in [2.45, 2.75) is 11.8 Å². The maximum absolute atomic E-state index is 13.0. The molecular formula is C22H24N4O4S. The first-order valence-corrected chi connectivity index (χ1v) is 11.4. The molecule has 1 saturated heterocycles. The number of aromatic nitrogens is 2. The quantitative estimate of drug-likeness (QED) is 0.612. The van der Waals surface area contributed by atoms with Gasteiger partial charge in [0.2, 0.25) is 10.0 Å². The molecule has 9 heteroatoms. The van der Waals surface area contributed by atoms with E-state index in [0.717, 1.165) is 4.57 Å². The molecule has 0 spiro atoms. The molecule has 0 unspecified atom stereocenters. The van der Waals surface area contributed by atoms with Crippen LogP contribution in [0, 0.1) is 6.92 Å². The summed E-state index contributed by atoms with van der Waals surface area (Å²) in [7, 11) is -2.12. The summed E-state index contributed by atoms with van der Waals surface area (Å²) >= 11 is 0. The molecule has 31 heavy (non-hydrogen) atoms. The second-order valence-electron chi connectivity index (χ2n) is 7.46. The van der Waals surface area contributed by atoms with E-state index in [1.165, 1.54) is 15.9 Å².